The van der Waals surface area contributed by atoms with Gasteiger partial charge in [0, 0.05) is 0 Å². The van der Waals surface area contributed by atoms with Crippen LogP contribution in [0, 0.1) is 11.8 Å². The van der Waals surface area contributed by atoms with E-state index in [-0.39, 0.29) is 26.4 Å². The van der Waals surface area contributed by atoms with Crippen LogP contribution >= 0.6 is 0 Å². The quantitative estimate of drug-likeness (QED) is 0.0382. The number of nitrogens with zero attached hydrogens (tertiary/aromatic N) is 2. The zero-order chi connectivity index (χ0) is 45.8. The van der Waals surface area contributed by atoms with Gasteiger partial charge in [-0.1, -0.05) is 217 Å². The number of rotatable bonds is 34. The number of carbonyl (C=O) groups is 4. The summed E-state index contributed by atoms with van der Waals surface area (Å²) in [5.41, 5.74) is 1.45. The van der Waals surface area contributed by atoms with Crippen molar-refractivity contribution in [2.45, 2.75) is 206 Å². The summed E-state index contributed by atoms with van der Waals surface area (Å²) < 4.78 is 24.6. The van der Waals surface area contributed by atoms with Crippen LogP contribution in [0.25, 0.3) is 0 Å². The second kappa shape index (κ2) is 31.2. The van der Waals surface area contributed by atoms with Crippen molar-refractivity contribution in [3.63, 3.8) is 0 Å². The zero-order valence-corrected chi connectivity index (χ0v) is 40.2. The van der Waals surface area contributed by atoms with Gasteiger partial charge >= 0.3 is 23.9 Å². The molecule has 2 aromatic carbocycles. The van der Waals surface area contributed by atoms with Gasteiger partial charge in [-0.25, -0.2) is 10.0 Å². The molecular weight excluding hydrogens is 805 g/mol. The van der Waals surface area contributed by atoms with E-state index in [0.29, 0.717) is 25.7 Å². The van der Waals surface area contributed by atoms with Crippen molar-refractivity contribution < 1.29 is 38.1 Å². The molecule has 0 unspecified atom stereocenters. The van der Waals surface area contributed by atoms with Gasteiger partial charge in [0.05, 0.1) is 38.5 Å². The third kappa shape index (κ3) is 16.3. The minimum absolute atomic E-state index is 0.203. The first-order valence-corrected chi connectivity index (χ1v) is 25.7. The van der Waals surface area contributed by atoms with Gasteiger partial charge in [-0.2, -0.15) is 0 Å². The van der Waals surface area contributed by atoms with Gasteiger partial charge in [0.25, 0.3) is 0 Å². The second-order valence-electron chi connectivity index (χ2n) is 18.2. The molecule has 0 N–H and O–H groups in total. The summed E-state index contributed by atoms with van der Waals surface area (Å²) in [5.74, 6) is -4.32. The maximum atomic E-state index is 14.9. The highest BCUT2D eigenvalue weighted by Crippen LogP contribution is 2.56. The van der Waals surface area contributed by atoms with Crippen LogP contribution in [0.4, 0.5) is 0 Å². The summed E-state index contributed by atoms with van der Waals surface area (Å²) in [5, 5.41) is 3.64. The van der Waals surface area contributed by atoms with Gasteiger partial charge in [0.2, 0.25) is 0 Å². The molecule has 0 radical (unpaired) electrons. The van der Waals surface area contributed by atoms with E-state index in [1.165, 1.54) is 25.7 Å². The number of ether oxygens (including phenoxy) is 4. The number of unbranched alkanes of at least 4 members (excludes halogenated alkanes) is 20. The van der Waals surface area contributed by atoms with Crippen LogP contribution in [-0.4, -0.2) is 72.4 Å². The predicted octanol–water partition coefficient (Wildman–Crippen LogP) is 12.6. The van der Waals surface area contributed by atoms with Crippen LogP contribution in [-0.2, 0) is 38.1 Å². The minimum atomic E-state index is -1.20. The number of benzene rings is 2. The molecule has 6 atom stereocenters. The van der Waals surface area contributed by atoms with Crippen LogP contribution in [0.15, 0.2) is 60.7 Å². The fraction of sp³-hybridized carbons (Fsp3) is 0.704. The fourth-order valence-corrected chi connectivity index (χ4v) is 9.55. The molecule has 2 fully saturated rings. The Morgan fingerprint density at radius 2 is 0.609 bits per heavy atom. The van der Waals surface area contributed by atoms with Crippen molar-refractivity contribution in [3.05, 3.63) is 71.8 Å². The lowest BCUT2D eigenvalue weighted by atomic mass is 9.82. The predicted molar refractivity (Wildman–Crippen MR) is 254 cm³/mol. The summed E-state index contributed by atoms with van der Waals surface area (Å²) in [4.78, 5) is 59.5. The molecule has 10 heteroatoms. The Kier molecular flexibility index (Phi) is 25.8. The molecule has 2 saturated heterocycles. The van der Waals surface area contributed by atoms with Gasteiger partial charge in [-0.15, -0.1) is 0 Å². The molecule has 64 heavy (non-hydrogen) atoms. The minimum Gasteiger partial charge on any atom is -0.465 e. The normalized spacial score (nSPS) is 20.8. The Morgan fingerprint density at radius 3 is 0.891 bits per heavy atom. The number of esters is 4. The monoisotopic (exact) mass is 889 g/mol. The number of hydrogen-bond donors (Lipinski definition) is 0. The first-order chi connectivity index (χ1) is 31.4. The maximum Gasteiger partial charge on any atom is 0.325 e. The SMILES string of the molecule is CCCCCCCCOC(=O)[C@@H]1[C@H](C(=O)OCCCCCCCC)N2[C@H](c3ccccc3)[C@H](C(=O)OCCCCCCCC)[C@H](C(=O)OCCCCCCCC)N2[C@H]1c1ccccc1. The zero-order valence-electron chi connectivity index (χ0n) is 40.2. The van der Waals surface area contributed by atoms with E-state index in [0.717, 1.165) is 114 Å². The van der Waals surface area contributed by atoms with Gasteiger partial charge in [0.15, 0.2) is 0 Å². The van der Waals surface area contributed by atoms with Crippen molar-refractivity contribution in [1.82, 2.24) is 10.0 Å². The summed E-state index contributed by atoms with van der Waals surface area (Å²) >= 11 is 0. The molecule has 0 bridgehead atoms. The summed E-state index contributed by atoms with van der Waals surface area (Å²) in [6.07, 6.45) is 24.6. The Balaban J connectivity index is 1.78. The largest absolute Gasteiger partial charge is 0.465 e. The molecule has 0 saturated carbocycles. The molecule has 2 aliphatic rings. The molecule has 0 amide bonds. The molecule has 2 aliphatic heterocycles. The van der Waals surface area contributed by atoms with Crippen LogP contribution in [0.3, 0.4) is 0 Å². The number of hydrazine groups is 1. The van der Waals surface area contributed by atoms with Crippen LogP contribution in [0.2, 0.25) is 0 Å². The van der Waals surface area contributed by atoms with Crippen LogP contribution in [0.1, 0.15) is 205 Å². The van der Waals surface area contributed by atoms with Gasteiger partial charge in [-0.3, -0.25) is 19.2 Å². The van der Waals surface area contributed by atoms with Crippen LogP contribution in [0.5, 0.6) is 0 Å². The van der Waals surface area contributed by atoms with E-state index in [4.69, 9.17) is 18.9 Å². The Hall–Kier alpha value is -3.76. The highest BCUT2D eigenvalue weighted by molar-refractivity contribution is 5.90. The molecule has 0 aromatic heterocycles. The number of carbonyl (C=O) groups excluding carboxylic acids is 4. The molecule has 0 spiro atoms. The molecule has 358 valence electrons. The topological polar surface area (TPSA) is 112 Å². The van der Waals surface area contributed by atoms with Gasteiger partial charge in [-0.05, 0) is 36.8 Å². The number of hydrogen-bond acceptors (Lipinski definition) is 10. The van der Waals surface area contributed by atoms with Crippen molar-refractivity contribution in [2.24, 2.45) is 11.8 Å². The van der Waals surface area contributed by atoms with Crippen molar-refractivity contribution in [1.29, 1.82) is 0 Å². The number of fused-ring (bicyclic) bond motifs is 1. The van der Waals surface area contributed by atoms with Crippen molar-refractivity contribution in [3.8, 4) is 0 Å². The average molecular weight is 889 g/mol. The first kappa shape index (κ1) is 52.9. The average Bonchev–Trinajstić information content (AvgIpc) is 3.84. The Labute approximate surface area is 386 Å². The van der Waals surface area contributed by atoms with Crippen molar-refractivity contribution >= 4 is 23.9 Å². The molecule has 0 aliphatic carbocycles. The van der Waals surface area contributed by atoms with E-state index in [1.807, 2.05) is 70.7 Å². The van der Waals surface area contributed by atoms with Crippen LogP contribution < -0.4 is 0 Å². The van der Waals surface area contributed by atoms with Gasteiger partial charge in [0.1, 0.15) is 23.9 Å². The Bertz CT molecular complexity index is 1470. The Morgan fingerprint density at radius 1 is 0.359 bits per heavy atom. The third-order valence-corrected chi connectivity index (χ3v) is 13.0. The van der Waals surface area contributed by atoms with E-state index >= 15 is 0 Å². The maximum absolute atomic E-state index is 14.9. The molecule has 10 nitrogen and oxygen atoms in total. The van der Waals surface area contributed by atoms with E-state index in [1.54, 1.807) is 0 Å². The van der Waals surface area contributed by atoms with E-state index < -0.39 is 59.9 Å². The first-order valence-electron chi connectivity index (χ1n) is 25.7. The van der Waals surface area contributed by atoms with E-state index in [9.17, 15) is 19.2 Å². The summed E-state index contributed by atoms with van der Waals surface area (Å²) in [6.45, 7) is 9.60. The highest BCUT2D eigenvalue weighted by atomic mass is 16.6. The third-order valence-electron chi connectivity index (χ3n) is 13.0. The fourth-order valence-electron chi connectivity index (χ4n) is 9.55. The molecule has 2 aromatic rings. The molecular formula is C54H84N2O8. The smallest absolute Gasteiger partial charge is 0.325 e. The van der Waals surface area contributed by atoms with E-state index in [2.05, 4.69) is 27.7 Å². The lowest BCUT2D eigenvalue weighted by Crippen LogP contribution is -2.47. The summed E-state index contributed by atoms with van der Waals surface area (Å²) in [6, 6.07) is 15.0. The molecule has 4 rings (SSSR count). The second-order valence-corrected chi connectivity index (χ2v) is 18.2. The lowest BCUT2D eigenvalue weighted by Gasteiger charge is -2.32. The summed E-state index contributed by atoms with van der Waals surface area (Å²) in [7, 11) is 0. The van der Waals surface area contributed by atoms with Crippen molar-refractivity contribution in [2.75, 3.05) is 26.4 Å². The highest BCUT2D eigenvalue weighted by Gasteiger charge is 2.69. The van der Waals surface area contributed by atoms with Gasteiger partial charge < -0.3 is 18.9 Å². The lowest BCUT2D eigenvalue weighted by molar-refractivity contribution is -0.163. The molecule has 2 heterocycles. The standard InChI is InChI=1S/C54H84N2O8/c1-5-9-13-17-21-31-39-61-51(57)45-47(43-35-27-25-28-36-43)55-50(54(60)64-42-34-24-20-16-12-8-4)46(52(58)62-40-32-22-18-14-10-6-2)48(44-37-29-26-30-38-44)56(55)49(45)53(59)63-41-33-23-19-15-11-7-3/h25-30,35-38,45-50H,5-24,31-34,39-42H2,1-4H3/t45-,46-,47-,48+,49+,50+/m0/s1.